The summed E-state index contributed by atoms with van der Waals surface area (Å²) in [4.78, 5) is 26.3. The van der Waals surface area contributed by atoms with Gasteiger partial charge in [-0.05, 0) is 61.8 Å². The Morgan fingerprint density at radius 1 is 0.964 bits per heavy atom. The van der Waals surface area contributed by atoms with E-state index in [0.29, 0.717) is 17.9 Å². The van der Waals surface area contributed by atoms with E-state index in [2.05, 4.69) is 39.1 Å². The van der Waals surface area contributed by atoms with E-state index in [1.807, 2.05) is 44.6 Å². The molecule has 0 bridgehead atoms. The maximum atomic E-state index is 12.1. The zero-order valence-electron chi connectivity index (χ0n) is 16.6. The lowest BCUT2D eigenvalue weighted by Crippen LogP contribution is -2.43. The van der Waals surface area contributed by atoms with Crippen LogP contribution in [-0.2, 0) is 12.8 Å². The van der Waals surface area contributed by atoms with Gasteiger partial charge < -0.3 is 15.5 Å². The van der Waals surface area contributed by atoms with Crippen LogP contribution in [0.3, 0.4) is 0 Å². The highest BCUT2D eigenvalue weighted by Gasteiger charge is 2.23. The van der Waals surface area contributed by atoms with Crippen LogP contribution < -0.4 is 21.5 Å². The van der Waals surface area contributed by atoms with Crippen molar-refractivity contribution >= 4 is 22.7 Å². The largest absolute Gasteiger partial charge is 0.378 e. The first-order chi connectivity index (χ1) is 13.5. The second-order valence-electron chi connectivity index (χ2n) is 7.48. The molecule has 28 heavy (non-hydrogen) atoms. The van der Waals surface area contributed by atoms with Crippen molar-refractivity contribution in [3.05, 3.63) is 78.7 Å². The summed E-state index contributed by atoms with van der Waals surface area (Å²) in [6.07, 6.45) is 1.68. The van der Waals surface area contributed by atoms with Gasteiger partial charge in [-0.2, -0.15) is 11.3 Å². The van der Waals surface area contributed by atoms with Crippen LogP contribution in [-0.4, -0.2) is 37.6 Å². The van der Waals surface area contributed by atoms with Gasteiger partial charge in [0, 0.05) is 18.6 Å². The number of benzene rings is 1. The number of nitrogens with one attached hydrogen (secondary N) is 2. The van der Waals surface area contributed by atoms with Gasteiger partial charge in [-0.15, -0.1) is 0 Å². The monoisotopic (exact) mass is 397 g/mol. The highest BCUT2D eigenvalue weighted by atomic mass is 32.1. The van der Waals surface area contributed by atoms with E-state index in [0.717, 1.165) is 12.8 Å². The maximum absolute atomic E-state index is 12.1. The molecule has 0 aliphatic carbocycles. The Hall–Kier alpha value is -2.44. The van der Waals surface area contributed by atoms with Crippen molar-refractivity contribution < 1.29 is 0 Å². The van der Waals surface area contributed by atoms with E-state index in [1.54, 1.807) is 11.3 Å². The van der Waals surface area contributed by atoms with E-state index in [1.165, 1.54) is 11.1 Å². The average molecular weight is 398 g/mol. The first-order valence-corrected chi connectivity index (χ1v) is 10.4. The SMILES string of the molecule is C[C@H](Cc1ccsc1)Nc1c(NC[C@@H](Cc2ccccc2)N(C)C)c(=O)c1=O. The minimum absolute atomic E-state index is 0.0763. The van der Waals surface area contributed by atoms with Crippen LogP contribution in [0.25, 0.3) is 0 Å². The fraction of sp³-hybridized carbons (Fsp3) is 0.364. The summed E-state index contributed by atoms with van der Waals surface area (Å²) in [5, 5.41) is 10.6. The quantitative estimate of drug-likeness (QED) is 0.515. The van der Waals surface area contributed by atoms with E-state index >= 15 is 0 Å². The second-order valence-corrected chi connectivity index (χ2v) is 8.26. The Balaban J connectivity index is 1.63. The molecule has 3 rings (SSSR count). The number of anilines is 2. The molecule has 148 valence electrons. The summed E-state index contributed by atoms with van der Waals surface area (Å²) in [6, 6.07) is 12.6. The molecule has 0 fully saturated rings. The van der Waals surface area contributed by atoms with Gasteiger partial charge in [0.05, 0.1) is 0 Å². The molecule has 0 saturated heterocycles. The van der Waals surface area contributed by atoms with Crippen molar-refractivity contribution in [2.45, 2.75) is 31.8 Å². The summed E-state index contributed by atoms with van der Waals surface area (Å²) < 4.78 is 0. The van der Waals surface area contributed by atoms with Crippen molar-refractivity contribution in [3.63, 3.8) is 0 Å². The number of hydrogen-bond acceptors (Lipinski definition) is 6. The van der Waals surface area contributed by atoms with Crippen molar-refractivity contribution in [1.29, 1.82) is 0 Å². The summed E-state index contributed by atoms with van der Waals surface area (Å²) in [6.45, 7) is 2.62. The molecule has 5 nitrogen and oxygen atoms in total. The summed E-state index contributed by atoms with van der Waals surface area (Å²) in [5.74, 6) is 0. The fourth-order valence-corrected chi connectivity index (χ4v) is 3.98. The van der Waals surface area contributed by atoms with Crippen LogP contribution in [0.4, 0.5) is 11.4 Å². The van der Waals surface area contributed by atoms with Crippen LogP contribution in [0.1, 0.15) is 18.1 Å². The smallest absolute Gasteiger partial charge is 0.253 e. The highest BCUT2D eigenvalue weighted by Crippen LogP contribution is 2.18. The van der Waals surface area contributed by atoms with Crippen molar-refractivity contribution in [3.8, 4) is 0 Å². The van der Waals surface area contributed by atoms with Crippen LogP contribution in [0, 0.1) is 0 Å². The van der Waals surface area contributed by atoms with Gasteiger partial charge in [0.15, 0.2) is 0 Å². The third-order valence-electron chi connectivity index (χ3n) is 4.98. The topological polar surface area (TPSA) is 61.4 Å². The Kier molecular flexibility index (Phi) is 6.65. The molecule has 3 aromatic rings. The predicted octanol–water partition coefficient (Wildman–Crippen LogP) is 2.97. The predicted molar refractivity (Wildman–Crippen MR) is 119 cm³/mol. The molecule has 0 aliphatic rings. The van der Waals surface area contributed by atoms with Gasteiger partial charge in [-0.3, -0.25) is 9.59 Å². The maximum Gasteiger partial charge on any atom is 0.253 e. The van der Waals surface area contributed by atoms with Crippen LogP contribution in [0.5, 0.6) is 0 Å². The first kappa shape index (κ1) is 20.3. The third kappa shape index (κ3) is 4.88. The summed E-state index contributed by atoms with van der Waals surface area (Å²) >= 11 is 1.66. The van der Waals surface area contributed by atoms with Gasteiger partial charge in [0.25, 0.3) is 10.9 Å². The Labute approximate surface area is 169 Å². The average Bonchev–Trinajstić information content (AvgIpc) is 3.19. The first-order valence-electron chi connectivity index (χ1n) is 9.51. The third-order valence-corrected chi connectivity index (χ3v) is 5.71. The van der Waals surface area contributed by atoms with E-state index in [-0.39, 0.29) is 12.1 Å². The van der Waals surface area contributed by atoms with Crippen molar-refractivity contribution in [2.75, 3.05) is 31.3 Å². The van der Waals surface area contributed by atoms with Gasteiger partial charge in [0.1, 0.15) is 11.4 Å². The summed E-state index contributed by atoms with van der Waals surface area (Å²) in [7, 11) is 4.05. The molecule has 0 saturated carbocycles. The zero-order valence-corrected chi connectivity index (χ0v) is 17.4. The molecular weight excluding hydrogens is 370 g/mol. The molecule has 2 aromatic carbocycles. The molecule has 2 N–H and O–H groups in total. The molecule has 0 radical (unpaired) electrons. The van der Waals surface area contributed by atoms with Gasteiger partial charge in [0.2, 0.25) is 0 Å². The Morgan fingerprint density at radius 3 is 2.32 bits per heavy atom. The van der Waals surface area contributed by atoms with Gasteiger partial charge >= 0.3 is 0 Å². The minimum Gasteiger partial charge on any atom is -0.378 e. The summed E-state index contributed by atoms with van der Waals surface area (Å²) in [5.41, 5.74) is 2.46. The zero-order chi connectivity index (χ0) is 20.1. The van der Waals surface area contributed by atoms with Crippen LogP contribution >= 0.6 is 11.3 Å². The van der Waals surface area contributed by atoms with Crippen molar-refractivity contribution in [1.82, 2.24) is 4.90 Å². The van der Waals surface area contributed by atoms with E-state index < -0.39 is 10.9 Å². The number of hydrogen-bond donors (Lipinski definition) is 2. The molecule has 1 aromatic heterocycles. The molecule has 0 spiro atoms. The lowest BCUT2D eigenvalue weighted by molar-refractivity contribution is 0.303. The molecular formula is C22H27N3O2S. The highest BCUT2D eigenvalue weighted by molar-refractivity contribution is 7.07. The molecule has 0 amide bonds. The number of nitrogens with zero attached hydrogens (tertiary/aromatic N) is 1. The molecule has 0 unspecified atom stereocenters. The van der Waals surface area contributed by atoms with Crippen molar-refractivity contribution in [2.24, 2.45) is 0 Å². The number of thiophene rings is 1. The minimum atomic E-state index is -0.428. The van der Waals surface area contributed by atoms with E-state index in [9.17, 15) is 9.59 Å². The van der Waals surface area contributed by atoms with Crippen LogP contribution in [0.15, 0.2) is 56.7 Å². The van der Waals surface area contributed by atoms with E-state index in [4.69, 9.17) is 0 Å². The van der Waals surface area contributed by atoms with Gasteiger partial charge in [-0.25, -0.2) is 0 Å². The molecule has 0 aliphatic heterocycles. The Bertz CT molecular complexity index is 944. The lowest BCUT2D eigenvalue weighted by Gasteiger charge is -2.26. The Morgan fingerprint density at radius 2 is 1.68 bits per heavy atom. The molecule has 2 atom stereocenters. The molecule has 1 heterocycles. The lowest BCUT2D eigenvalue weighted by atomic mass is 10.0. The standard InChI is InChI=1S/C22H27N3O2S/c1-15(11-17-9-10-28-14-17)24-20-19(21(26)22(20)27)23-13-18(25(2)3)12-16-7-5-4-6-8-16/h4-10,14-15,18,23-24H,11-13H2,1-3H3/t15-,18-/m1/s1. The fourth-order valence-electron chi connectivity index (χ4n) is 3.30. The van der Waals surface area contributed by atoms with Crippen LogP contribution in [0.2, 0.25) is 0 Å². The van der Waals surface area contributed by atoms with Gasteiger partial charge in [-0.1, -0.05) is 30.3 Å². The normalized spacial score (nSPS) is 13.6. The molecule has 6 heteroatoms. The number of likely N-dealkylation sites (N-methyl/N-ethyl adjacent to an activating group) is 1. The second kappa shape index (κ2) is 9.17. The number of rotatable bonds is 10.